The normalized spacial score (nSPS) is 16.7. The van der Waals surface area contributed by atoms with E-state index in [1.54, 1.807) is 36.1 Å². The van der Waals surface area contributed by atoms with E-state index in [1.165, 1.54) is 0 Å². The van der Waals surface area contributed by atoms with Crippen LogP contribution in [0.15, 0.2) is 29.1 Å². The van der Waals surface area contributed by atoms with E-state index in [1.807, 2.05) is 0 Å². The number of fused-ring (bicyclic) bond motifs is 1. The Balaban J connectivity index is 1.76. The third kappa shape index (κ3) is 5.21. The van der Waals surface area contributed by atoms with E-state index in [9.17, 15) is 14.4 Å². The number of likely N-dealkylation sites (tertiary alicyclic amines) is 1. The average Bonchev–Trinajstić information content (AvgIpc) is 3.20. The number of hydrogen-bond donors (Lipinski definition) is 0. The van der Waals surface area contributed by atoms with Crippen molar-refractivity contribution in [2.75, 3.05) is 32.8 Å². The fourth-order valence-corrected chi connectivity index (χ4v) is 3.90. The van der Waals surface area contributed by atoms with Crippen LogP contribution in [0.25, 0.3) is 10.9 Å². The molecular formula is C21H29N5O4. The van der Waals surface area contributed by atoms with E-state index >= 15 is 0 Å². The Labute approximate surface area is 175 Å². The number of hydrogen-bond acceptors (Lipinski definition) is 7. The molecule has 9 nitrogen and oxygen atoms in total. The first kappa shape index (κ1) is 21.9. The third-order valence-electron chi connectivity index (χ3n) is 5.49. The van der Waals surface area contributed by atoms with Crippen molar-refractivity contribution in [3.63, 3.8) is 0 Å². The predicted octanol–water partition coefficient (Wildman–Crippen LogP) is 1.06. The molecule has 0 bridgehead atoms. The Morgan fingerprint density at radius 3 is 2.83 bits per heavy atom. The summed E-state index contributed by atoms with van der Waals surface area (Å²) in [6, 6.07) is 7.16. The fraction of sp³-hybridized carbons (Fsp3) is 0.571. The summed E-state index contributed by atoms with van der Waals surface area (Å²) in [6.07, 6.45) is 2.22. The number of aromatic nitrogens is 3. The maximum Gasteiger partial charge on any atom is 0.307 e. The number of carbonyl (C=O) groups is 2. The molecule has 0 spiro atoms. The van der Waals surface area contributed by atoms with E-state index in [0.717, 1.165) is 30.6 Å². The summed E-state index contributed by atoms with van der Waals surface area (Å²) in [7, 11) is 0. The molecule has 1 fully saturated rings. The maximum atomic E-state index is 13.1. The highest BCUT2D eigenvalue weighted by molar-refractivity contribution is 5.79. The van der Waals surface area contributed by atoms with Gasteiger partial charge in [0, 0.05) is 19.1 Å². The van der Waals surface area contributed by atoms with Crippen molar-refractivity contribution in [1.82, 2.24) is 24.8 Å². The largest absolute Gasteiger partial charge is 0.466 e. The average molecular weight is 415 g/mol. The van der Waals surface area contributed by atoms with Crippen LogP contribution in [-0.4, -0.2) is 75.5 Å². The van der Waals surface area contributed by atoms with Gasteiger partial charge in [0.05, 0.1) is 18.4 Å². The van der Waals surface area contributed by atoms with Crippen molar-refractivity contribution in [3.8, 4) is 0 Å². The maximum absolute atomic E-state index is 13.1. The SMILES string of the molecule is CCOC(=O)CCN(CC1CCCN1CC)C(=O)Cn1nnc2ccccc2c1=O. The zero-order chi connectivity index (χ0) is 21.5. The number of amides is 1. The Kier molecular flexibility index (Phi) is 7.51. The molecule has 0 saturated carbocycles. The van der Waals surface area contributed by atoms with E-state index in [-0.39, 0.29) is 43.0 Å². The molecule has 1 saturated heterocycles. The van der Waals surface area contributed by atoms with Crippen LogP contribution in [0.3, 0.4) is 0 Å². The fourth-order valence-electron chi connectivity index (χ4n) is 3.90. The summed E-state index contributed by atoms with van der Waals surface area (Å²) in [5, 5.41) is 8.38. The Morgan fingerprint density at radius 2 is 2.07 bits per heavy atom. The zero-order valence-corrected chi connectivity index (χ0v) is 17.6. The van der Waals surface area contributed by atoms with Gasteiger partial charge in [0.2, 0.25) is 5.91 Å². The first-order valence-electron chi connectivity index (χ1n) is 10.5. The Bertz CT molecular complexity index is 944. The van der Waals surface area contributed by atoms with E-state index in [2.05, 4.69) is 22.1 Å². The predicted molar refractivity (Wildman–Crippen MR) is 112 cm³/mol. The van der Waals surface area contributed by atoms with Crippen LogP contribution in [-0.2, 0) is 20.9 Å². The lowest BCUT2D eigenvalue weighted by Gasteiger charge is -2.30. The van der Waals surface area contributed by atoms with Crippen LogP contribution in [0.2, 0.25) is 0 Å². The van der Waals surface area contributed by atoms with Gasteiger partial charge in [0.25, 0.3) is 5.56 Å². The number of rotatable bonds is 9. The molecule has 0 aliphatic carbocycles. The summed E-state index contributed by atoms with van der Waals surface area (Å²) < 4.78 is 6.10. The minimum absolute atomic E-state index is 0.122. The van der Waals surface area contributed by atoms with E-state index < -0.39 is 0 Å². The second-order valence-corrected chi connectivity index (χ2v) is 7.39. The molecular weight excluding hydrogens is 386 g/mol. The second-order valence-electron chi connectivity index (χ2n) is 7.39. The smallest absolute Gasteiger partial charge is 0.307 e. The van der Waals surface area contributed by atoms with Gasteiger partial charge in [-0.25, -0.2) is 4.68 Å². The van der Waals surface area contributed by atoms with Gasteiger partial charge in [-0.3, -0.25) is 19.3 Å². The van der Waals surface area contributed by atoms with Crippen molar-refractivity contribution in [2.45, 2.75) is 45.7 Å². The number of benzene rings is 1. The molecule has 2 aromatic rings. The number of carbonyl (C=O) groups excluding carboxylic acids is 2. The van der Waals surface area contributed by atoms with Gasteiger partial charge in [-0.05, 0) is 45.0 Å². The van der Waals surface area contributed by atoms with Gasteiger partial charge in [-0.15, -0.1) is 5.10 Å². The minimum atomic E-state index is -0.352. The van der Waals surface area contributed by atoms with Crippen LogP contribution in [0.1, 0.15) is 33.1 Å². The van der Waals surface area contributed by atoms with E-state index in [4.69, 9.17) is 4.74 Å². The van der Waals surface area contributed by atoms with Gasteiger partial charge < -0.3 is 9.64 Å². The molecule has 30 heavy (non-hydrogen) atoms. The quantitative estimate of drug-likeness (QED) is 0.565. The second kappa shape index (κ2) is 10.3. The first-order chi connectivity index (χ1) is 14.5. The number of likely N-dealkylation sites (N-methyl/N-ethyl adjacent to an activating group) is 1. The summed E-state index contributed by atoms with van der Waals surface area (Å²) >= 11 is 0. The highest BCUT2D eigenvalue weighted by Gasteiger charge is 2.28. The van der Waals surface area contributed by atoms with Gasteiger partial charge in [0.1, 0.15) is 12.1 Å². The van der Waals surface area contributed by atoms with Crippen LogP contribution >= 0.6 is 0 Å². The summed E-state index contributed by atoms with van der Waals surface area (Å²) in [6.45, 7) is 6.65. The highest BCUT2D eigenvalue weighted by Crippen LogP contribution is 2.18. The molecule has 3 rings (SSSR count). The molecule has 1 atom stereocenters. The molecule has 0 N–H and O–H groups in total. The lowest BCUT2D eigenvalue weighted by Crippen LogP contribution is -2.46. The monoisotopic (exact) mass is 415 g/mol. The Hall–Kier alpha value is -2.81. The van der Waals surface area contributed by atoms with Gasteiger partial charge >= 0.3 is 5.97 Å². The van der Waals surface area contributed by atoms with Crippen molar-refractivity contribution < 1.29 is 14.3 Å². The molecule has 1 aliphatic rings. The highest BCUT2D eigenvalue weighted by atomic mass is 16.5. The molecule has 1 aromatic carbocycles. The van der Waals surface area contributed by atoms with Crippen LogP contribution in [0, 0.1) is 0 Å². The standard InChI is InChI=1S/C21H29N5O4/c1-3-24-12-7-8-16(24)14-25(13-11-20(28)30-4-2)19(27)15-26-21(29)17-9-5-6-10-18(17)22-23-26/h5-6,9-10,16H,3-4,7-8,11-15H2,1-2H3. The molecule has 2 heterocycles. The molecule has 9 heteroatoms. The first-order valence-corrected chi connectivity index (χ1v) is 10.5. The molecule has 162 valence electrons. The zero-order valence-electron chi connectivity index (χ0n) is 17.6. The van der Waals surface area contributed by atoms with Gasteiger partial charge in [0.15, 0.2) is 0 Å². The molecule has 1 unspecified atom stereocenters. The summed E-state index contributed by atoms with van der Waals surface area (Å²) in [4.78, 5) is 41.6. The van der Waals surface area contributed by atoms with Crippen molar-refractivity contribution in [3.05, 3.63) is 34.6 Å². The molecule has 0 radical (unpaired) electrons. The molecule has 1 aliphatic heterocycles. The lowest BCUT2D eigenvalue weighted by molar-refractivity contribution is -0.144. The molecule has 1 amide bonds. The van der Waals surface area contributed by atoms with E-state index in [0.29, 0.717) is 24.1 Å². The van der Waals surface area contributed by atoms with Crippen molar-refractivity contribution in [1.29, 1.82) is 0 Å². The van der Waals surface area contributed by atoms with Crippen LogP contribution < -0.4 is 5.56 Å². The lowest BCUT2D eigenvalue weighted by atomic mass is 10.2. The van der Waals surface area contributed by atoms with Crippen LogP contribution in [0.5, 0.6) is 0 Å². The van der Waals surface area contributed by atoms with Crippen molar-refractivity contribution in [2.24, 2.45) is 0 Å². The summed E-state index contributed by atoms with van der Waals surface area (Å²) in [5.74, 6) is -0.592. The number of nitrogens with zero attached hydrogens (tertiary/aromatic N) is 5. The number of esters is 1. The van der Waals surface area contributed by atoms with Crippen LogP contribution in [0.4, 0.5) is 0 Å². The van der Waals surface area contributed by atoms with Gasteiger partial charge in [-0.1, -0.05) is 24.3 Å². The number of ether oxygens (including phenoxy) is 1. The minimum Gasteiger partial charge on any atom is -0.466 e. The topological polar surface area (TPSA) is 97.6 Å². The third-order valence-corrected chi connectivity index (χ3v) is 5.49. The summed E-state index contributed by atoms with van der Waals surface area (Å²) in [5.41, 5.74) is 0.144. The van der Waals surface area contributed by atoms with Gasteiger partial charge in [-0.2, -0.15) is 0 Å². The van der Waals surface area contributed by atoms with Crippen molar-refractivity contribution >= 4 is 22.8 Å². The Morgan fingerprint density at radius 1 is 1.27 bits per heavy atom. The molecule has 1 aromatic heterocycles.